The number of benzene rings is 2. The van der Waals surface area contributed by atoms with Crippen LogP contribution in [0.3, 0.4) is 0 Å². The maximum Gasteiger partial charge on any atom is 0.161 e. The van der Waals surface area contributed by atoms with Gasteiger partial charge in [0.2, 0.25) is 0 Å². The van der Waals surface area contributed by atoms with Crippen molar-refractivity contribution in [2.45, 2.75) is 19.6 Å². The van der Waals surface area contributed by atoms with E-state index in [9.17, 15) is 0 Å². The highest BCUT2D eigenvalue weighted by molar-refractivity contribution is 5.85. The Labute approximate surface area is 163 Å². The Morgan fingerprint density at radius 2 is 1.64 bits per heavy atom. The van der Waals surface area contributed by atoms with Crippen LogP contribution in [0.15, 0.2) is 48.5 Å². The summed E-state index contributed by atoms with van der Waals surface area (Å²) in [7, 11) is 3.65. The Bertz CT molecular complexity index is 583. The van der Waals surface area contributed by atoms with Crippen molar-refractivity contribution >= 4 is 24.8 Å². The first-order valence-electron chi connectivity index (χ1n) is 8.02. The van der Waals surface area contributed by atoms with Gasteiger partial charge in [-0.1, -0.05) is 36.4 Å². The first-order valence-corrected chi connectivity index (χ1v) is 8.02. The smallest absolute Gasteiger partial charge is 0.161 e. The van der Waals surface area contributed by atoms with E-state index in [-0.39, 0.29) is 24.8 Å². The summed E-state index contributed by atoms with van der Waals surface area (Å²) in [5, 5.41) is 6.57. The molecule has 0 unspecified atom stereocenters. The predicted octanol–water partition coefficient (Wildman–Crippen LogP) is 3.82. The summed E-state index contributed by atoms with van der Waals surface area (Å²) in [6, 6.07) is 16.2. The minimum Gasteiger partial charge on any atom is -0.493 e. The minimum atomic E-state index is 0. The van der Waals surface area contributed by atoms with E-state index >= 15 is 0 Å². The lowest BCUT2D eigenvalue weighted by atomic mass is 10.2. The fourth-order valence-corrected chi connectivity index (χ4v) is 2.30. The highest BCUT2D eigenvalue weighted by Crippen LogP contribution is 2.28. The second kappa shape index (κ2) is 13.8. The van der Waals surface area contributed by atoms with Crippen LogP contribution in [-0.2, 0) is 13.2 Å². The largest absolute Gasteiger partial charge is 0.493 e. The monoisotopic (exact) mass is 386 g/mol. The summed E-state index contributed by atoms with van der Waals surface area (Å²) in [6.07, 6.45) is 1.12. The fourth-order valence-electron chi connectivity index (χ4n) is 2.30. The minimum absolute atomic E-state index is 0. The molecule has 6 heteroatoms. The van der Waals surface area contributed by atoms with Crippen molar-refractivity contribution in [1.82, 2.24) is 10.6 Å². The Morgan fingerprint density at radius 3 is 2.32 bits per heavy atom. The summed E-state index contributed by atoms with van der Waals surface area (Å²) in [6.45, 7) is 3.40. The Balaban J connectivity index is 0.00000288. The lowest BCUT2D eigenvalue weighted by Crippen LogP contribution is -2.19. The molecule has 0 radical (unpaired) electrons. The van der Waals surface area contributed by atoms with Gasteiger partial charge in [-0.15, -0.1) is 24.8 Å². The van der Waals surface area contributed by atoms with Crippen LogP contribution in [0, 0.1) is 0 Å². The Morgan fingerprint density at radius 1 is 0.880 bits per heavy atom. The first kappa shape index (κ1) is 23.5. The van der Waals surface area contributed by atoms with Gasteiger partial charge in [0, 0.05) is 6.54 Å². The third-order valence-corrected chi connectivity index (χ3v) is 3.57. The van der Waals surface area contributed by atoms with Crippen molar-refractivity contribution in [1.29, 1.82) is 0 Å². The third kappa shape index (κ3) is 8.45. The van der Waals surface area contributed by atoms with Crippen LogP contribution in [0.5, 0.6) is 11.5 Å². The van der Waals surface area contributed by atoms with Gasteiger partial charge in [-0.05, 0) is 49.8 Å². The molecule has 0 fully saturated rings. The van der Waals surface area contributed by atoms with Gasteiger partial charge in [-0.3, -0.25) is 0 Å². The van der Waals surface area contributed by atoms with Crippen molar-refractivity contribution in [2.24, 2.45) is 0 Å². The van der Waals surface area contributed by atoms with Crippen molar-refractivity contribution in [3.05, 3.63) is 59.7 Å². The molecule has 0 aromatic heterocycles. The van der Waals surface area contributed by atoms with Gasteiger partial charge in [0.25, 0.3) is 0 Å². The lowest BCUT2D eigenvalue weighted by Gasteiger charge is -2.13. The topological polar surface area (TPSA) is 42.5 Å². The van der Waals surface area contributed by atoms with E-state index in [1.54, 1.807) is 7.11 Å². The number of halogens is 2. The Kier molecular flexibility index (Phi) is 13.0. The second-order valence-electron chi connectivity index (χ2n) is 5.39. The maximum atomic E-state index is 5.87. The van der Waals surface area contributed by atoms with Crippen molar-refractivity contribution in [3.63, 3.8) is 0 Å². The molecule has 0 aliphatic carbocycles. The molecule has 0 bridgehead atoms. The van der Waals surface area contributed by atoms with E-state index in [2.05, 4.69) is 28.8 Å². The number of rotatable bonds is 10. The molecule has 0 saturated carbocycles. The molecule has 0 aliphatic rings. The third-order valence-electron chi connectivity index (χ3n) is 3.57. The lowest BCUT2D eigenvalue weighted by molar-refractivity contribution is 0.284. The zero-order chi connectivity index (χ0) is 16.3. The van der Waals surface area contributed by atoms with Crippen LogP contribution in [0.25, 0.3) is 0 Å². The van der Waals surface area contributed by atoms with Crippen molar-refractivity contribution in [2.75, 3.05) is 27.2 Å². The summed E-state index contributed by atoms with van der Waals surface area (Å²) in [5.41, 5.74) is 2.34. The molecule has 140 valence electrons. The predicted molar refractivity (Wildman–Crippen MR) is 109 cm³/mol. The van der Waals surface area contributed by atoms with Crippen LogP contribution >= 0.6 is 24.8 Å². The van der Waals surface area contributed by atoms with E-state index in [0.717, 1.165) is 43.1 Å². The maximum absolute atomic E-state index is 5.87. The second-order valence-corrected chi connectivity index (χ2v) is 5.39. The van der Waals surface area contributed by atoms with Crippen LogP contribution in [0.4, 0.5) is 0 Å². The van der Waals surface area contributed by atoms with Crippen LogP contribution in [-0.4, -0.2) is 27.2 Å². The summed E-state index contributed by atoms with van der Waals surface area (Å²) in [5.74, 6) is 1.55. The molecule has 2 aromatic carbocycles. The van der Waals surface area contributed by atoms with E-state index in [1.807, 2.05) is 37.4 Å². The molecule has 0 atom stereocenters. The van der Waals surface area contributed by atoms with E-state index in [1.165, 1.54) is 5.56 Å². The van der Waals surface area contributed by atoms with E-state index < -0.39 is 0 Å². The van der Waals surface area contributed by atoms with Gasteiger partial charge in [-0.2, -0.15) is 0 Å². The summed E-state index contributed by atoms with van der Waals surface area (Å²) < 4.78 is 11.3. The highest BCUT2D eigenvalue weighted by Gasteiger charge is 2.06. The molecule has 0 spiro atoms. The average molecular weight is 387 g/mol. The average Bonchev–Trinajstić information content (AvgIpc) is 2.61. The Hall–Kier alpha value is -1.46. The zero-order valence-corrected chi connectivity index (χ0v) is 16.4. The zero-order valence-electron chi connectivity index (χ0n) is 14.8. The summed E-state index contributed by atoms with van der Waals surface area (Å²) >= 11 is 0. The van der Waals surface area contributed by atoms with E-state index in [0.29, 0.717) is 6.61 Å². The molecule has 2 N–H and O–H groups in total. The number of ether oxygens (including phenoxy) is 2. The quantitative estimate of drug-likeness (QED) is 0.609. The SMILES string of the molecule is CNCCCNCc1ccc(OCc2ccccc2)c(OC)c1.Cl.Cl. The van der Waals surface area contributed by atoms with Gasteiger partial charge < -0.3 is 20.1 Å². The van der Waals surface area contributed by atoms with Crippen LogP contribution < -0.4 is 20.1 Å². The highest BCUT2D eigenvalue weighted by atomic mass is 35.5. The molecule has 0 saturated heterocycles. The number of methoxy groups -OCH3 is 1. The summed E-state index contributed by atoms with van der Waals surface area (Å²) in [4.78, 5) is 0. The molecule has 0 aliphatic heterocycles. The molecule has 2 aromatic rings. The fraction of sp³-hybridized carbons (Fsp3) is 0.368. The standard InChI is InChI=1S/C19H26N2O2.2ClH/c1-20-11-6-12-21-14-17-9-10-18(19(13-17)22-2)23-15-16-7-4-3-5-8-16;;/h3-5,7-10,13,20-21H,6,11-12,14-15H2,1-2H3;2*1H. The number of nitrogens with one attached hydrogen (secondary N) is 2. The van der Waals surface area contributed by atoms with Crippen LogP contribution in [0.1, 0.15) is 17.5 Å². The molecule has 2 rings (SSSR count). The van der Waals surface area contributed by atoms with Crippen molar-refractivity contribution in [3.8, 4) is 11.5 Å². The van der Waals surface area contributed by atoms with Crippen molar-refractivity contribution < 1.29 is 9.47 Å². The normalized spacial score (nSPS) is 9.68. The molecule has 0 heterocycles. The van der Waals surface area contributed by atoms with Gasteiger partial charge >= 0.3 is 0 Å². The molecule has 4 nitrogen and oxygen atoms in total. The first-order chi connectivity index (χ1) is 11.3. The van der Waals surface area contributed by atoms with Gasteiger partial charge in [-0.25, -0.2) is 0 Å². The number of hydrogen-bond donors (Lipinski definition) is 2. The van der Waals surface area contributed by atoms with Crippen LogP contribution in [0.2, 0.25) is 0 Å². The molecule has 0 amide bonds. The molecular formula is C19H28Cl2N2O2. The van der Waals surface area contributed by atoms with Gasteiger partial charge in [0.05, 0.1) is 7.11 Å². The van der Waals surface area contributed by atoms with E-state index in [4.69, 9.17) is 9.47 Å². The van der Waals surface area contributed by atoms with Gasteiger partial charge in [0.1, 0.15) is 6.61 Å². The molecular weight excluding hydrogens is 359 g/mol. The number of hydrogen-bond acceptors (Lipinski definition) is 4. The molecule has 25 heavy (non-hydrogen) atoms. The van der Waals surface area contributed by atoms with Gasteiger partial charge in [0.15, 0.2) is 11.5 Å².